The van der Waals surface area contributed by atoms with Gasteiger partial charge < -0.3 is 5.32 Å². The van der Waals surface area contributed by atoms with Gasteiger partial charge in [0.25, 0.3) is 0 Å². The summed E-state index contributed by atoms with van der Waals surface area (Å²) in [5.74, 6) is 0. The predicted molar refractivity (Wildman–Crippen MR) is 64.5 cm³/mol. The Morgan fingerprint density at radius 1 is 1.39 bits per heavy atom. The Morgan fingerprint density at radius 3 is 2.50 bits per heavy atom. The van der Waals surface area contributed by atoms with Crippen LogP contribution in [0.25, 0.3) is 0 Å². The largest absolute Gasteiger partial charge is 0.427 e. The Morgan fingerprint density at radius 2 is 2.00 bits per heavy atom. The van der Waals surface area contributed by atoms with E-state index >= 15 is 0 Å². The molecule has 7 heteroatoms. The molecule has 1 aliphatic heterocycles. The number of nitrogens with one attached hydrogen (secondary N) is 1. The van der Waals surface area contributed by atoms with Crippen LogP contribution in [0.2, 0.25) is 0 Å². The molecular weight excluding hydrogens is 263 g/mol. The SMILES string of the molecule is CC1CN(Cc2ncc(C(F)(F)F)s2)CC(C)N1. The average Bonchev–Trinajstić information content (AvgIpc) is 2.63. The van der Waals surface area contributed by atoms with Crippen LogP contribution in [-0.2, 0) is 12.7 Å². The van der Waals surface area contributed by atoms with Crippen molar-refractivity contribution in [2.75, 3.05) is 13.1 Å². The van der Waals surface area contributed by atoms with E-state index < -0.39 is 11.1 Å². The maximum atomic E-state index is 12.5. The van der Waals surface area contributed by atoms with Gasteiger partial charge in [-0.05, 0) is 13.8 Å². The van der Waals surface area contributed by atoms with Crippen molar-refractivity contribution in [2.24, 2.45) is 0 Å². The van der Waals surface area contributed by atoms with Crippen LogP contribution in [0.3, 0.4) is 0 Å². The summed E-state index contributed by atoms with van der Waals surface area (Å²) in [5.41, 5.74) is 0. The lowest BCUT2D eigenvalue weighted by Crippen LogP contribution is -2.53. The molecule has 1 aliphatic rings. The van der Waals surface area contributed by atoms with Crippen molar-refractivity contribution < 1.29 is 13.2 Å². The van der Waals surface area contributed by atoms with Crippen LogP contribution in [0, 0.1) is 0 Å². The van der Waals surface area contributed by atoms with Crippen LogP contribution < -0.4 is 5.32 Å². The van der Waals surface area contributed by atoms with Gasteiger partial charge in [0.1, 0.15) is 9.88 Å². The third-order valence-electron chi connectivity index (χ3n) is 2.82. The number of halogens is 3. The minimum Gasteiger partial charge on any atom is -0.309 e. The highest BCUT2D eigenvalue weighted by Gasteiger charge is 2.33. The second kappa shape index (κ2) is 5.14. The Kier molecular flexibility index (Phi) is 3.93. The van der Waals surface area contributed by atoms with Crippen LogP contribution in [0.15, 0.2) is 6.20 Å². The number of hydrogen-bond donors (Lipinski definition) is 1. The first-order valence-corrected chi connectivity index (χ1v) is 6.66. The van der Waals surface area contributed by atoms with Gasteiger partial charge in [-0.25, -0.2) is 4.98 Å². The van der Waals surface area contributed by atoms with Crippen molar-refractivity contribution in [3.05, 3.63) is 16.1 Å². The number of rotatable bonds is 2. The fraction of sp³-hybridized carbons (Fsp3) is 0.727. The molecule has 2 atom stereocenters. The van der Waals surface area contributed by atoms with Gasteiger partial charge >= 0.3 is 6.18 Å². The molecule has 1 saturated heterocycles. The monoisotopic (exact) mass is 279 g/mol. The Bertz CT molecular complexity index is 394. The number of hydrogen-bond acceptors (Lipinski definition) is 4. The zero-order valence-corrected chi connectivity index (χ0v) is 11.1. The number of aromatic nitrogens is 1. The highest BCUT2D eigenvalue weighted by molar-refractivity contribution is 7.11. The summed E-state index contributed by atoms with van der Waals surface area (Å²) >= 11 is 0.738. The van der Waals surface area contributed by atoms with Crippen LogP contribution in [0.1, 0.15) is 23.7 Å². The summed E-state index contributed by atoms with van der Waals surface area (Å²) in [7, 11) is 0. The zero-order valence-electron chi connectivity index (χ0n) is 10.3. The molecule has 102 valence electrons. The Labute approximate surface area is 108 Å². The van der Waals surface area contributed by atoms with E-state index in [2.05, 4.69) is 29.0 Å². The molecule has 0 aromatic carbocycles. The van der Waals surface area contributed by atoms with E-state index in [0.717, 1.165) is 30.6 Å². The minimum absolute atomic E-state index is 0.357. The van der Waals surface area contributed by atoms with Gasteiger partial charge in [0.05, 0.1) is 12.7 Å². The zero-order chi connectivity index (χ0) is 13.3. The first kappa shape index (κ1) is 13.8. The average molecular weight is 279 g/mol. The van der Waals surface area contributed by atoms with E-state index in [4.69, 9.17) is 0 Å². The van der Waals surface area contributed by atoms with Crippen molar-refractivity contribution in [2.45, 2.75) is 38.7 Å². The van der Waals surface area contributed by atoms with E-state index in [1.807, 2.05) is 0 Å². The summed E-state index contributed by atoms with van der Waals surface area (Å²) in [6.45, 7) is 6.32. The summed E-state index contributed by atoms with van der Waals surface area (Å²) in [5, 5.41) is 3.92. The summed E-state index contributed by atoms with van der Waals surface area (Å²) in [4.78, 5) is 5.39. The van der Waals surface area contributed by atoms with Crippen LogP contribution >= 0.6 is 11.3 Å². The van der Waals surface area contributed by atoms with E-state index in [1.165, 1.54) is 0 Å². The Balaban J connectivity index is 1.99. The first-order chi connectivity index (χ1) is 8.34. The lowest BCUT2D eigenvalue weighted by molar-refractivity contribution is -0.134. The second-order valence-corrected chi connectivity index (χ2v) is 5.89. The quantitative estimate of drug-likeness (QED) is 0.900. The standard InChI is InChI=1S/C11H16F3N3S/c1-7-4-17(5-8(2)16-7)6-10-15-3-9(18-10)11(12,13)14/h3,7-8,16H,4-6H2,1-2H3. The molecule has 3 nitrogen and oxygen atoms in total. The molecule has 1 N–H and O–H groups in total. The van der Waals surface area contributed by atoms with Gasteiger partial charge in [-0.2, -0.15) is 13.2 Å². The van der Waals surface area contributed by atoms with Crippen LogP contribution in [0.4, 0.5) is 13.2 Å². The molecule has 2 rings (SSSR count). The lowest BCUT2D eigenvalue weighted by atomic mass is 10.1. The molecule has 1 aromatic heterocycles. The highest BCUT2D eigenvalue weighted by Crippen LogP contribution is 2.33. The second-order valence-electron chi connectivity index (χ2n) is 4.78. The van der Waals surface area contributed by atoms with Gasteiger partial charge in [0.15, 0.2) is 0 Å². The summed E-state index contributed by atoms with van der Waals surface area (Å²) < 4.78 is 37.4. The minimum atomic E-state index is -4.28. The molecule has 2 heterocycles. The molecule has 0 aliphatic carbocycles. The molecular formula is C11H16F3N3S. The molecule has 0 radical (unpaired) electrons. The normalized spacial score (nSPS) is 26.5. The third kappa shape index (κ3) is 3.43. The maximum Gasteiger partial charge on any atom is 0.427 e. The van der Waals surface area contributed by atoms with Gasteiger partial charge in [0.2, 0.25) is 0 Å². The van der Waals surface area contributed by atoms with E-state index in [9.17, 15) is 13.2 Å². The van der Waals surface area contributed by atoms with Crippen LogP contribution in [-0.4, -0.2) is 35.1 Å². The van der Waals surface area contributed by atoms with Gasteiger partial charge in [0, 0.05) is 25.2 Å². The Hall–Kier alpha value is -0.660. The van der Waals surface area contributed by atoms with Crippen molar-refractivity contribution in [3.63, 3.8) is 0 Å². The van der Waals surface area contributed by atoms with Gasteiger partial charge in [-0.3, -0.25) is 4.90 Å². The predicted octanol–water partition coefficient (Wildman–Crippen LogP) is 2.34. The lowest BCUT2D eigenvalue weighted by Gasteiger charge is -2.35. The van der Waals surface area contributed by atoms with Crippen molar-refractivity contribution >= 4 is 11.3 Å². The van der Waals surface area contributed by atoms with Crippen molar-refractivity contribution in [1.82, 2.24) is 15.2 Å². The molecule has 1 fully saturated rings. The van der Waals surface area contributed by atoms with Crippen LogP contribution in [0.5, 0.6) is 0 Å². The molecule has 1 aromatic rings. The van der Waals surface area contributed by atoms with Crippen molar-refractivity contribution in [3.8, 4) is 0 Å². The van der Waals surface area contributed by atoms with E-state index in [0.29, 0.717) is 23.6 Å². The fourth-order valence-corrected chi connectivity index (χ4v) is 3.10. The summed E-state index contributed by atoms with van der Waals surface area (Å²) in [6, 6.07) is 0.714. The fourth-order valence-electron chi connectivity index (χ4n) is 2.28. The third-order valence-corrected chi connectivity index (χ3v) is 3.85. The van der Waals surface area contributed by atoms with E-state index in [1.54, 1.807) is 0 Å². The smallest absolute Gasteiger partial charge is 0.309 e. The van der Waals surface area contributed by atoms with Gasteiger partial charge in [-0.15, -0.1) is 11.3 Å². The van der Waals surface area contributed by atoms with E-state index in [-0.39, 0.29) is 0 Å². The van der Waals surface area contributed by atoms with Gasteiger partial charge in [-0.1, -0.05) is 0 Å². The number of nitrogens with zero attached hydrogens (tertiary/aromatic N) is 2. The number of piperazine rings is 1. The number of thiazole rings is 1. The molecule has 0 spiro atoms. The first-order valence-electron chi connectivity index (χ1n) is 5.85. The molecule has 2 unspecified atom stereocenters. The molecule has 0 saturated carbocycles. The summed E-state index contributed by atoms with van der Waals surface area (Å²) in [6.07, 6.45) is -3.35. The molecule has 0 bridgehead atoms. The highest BCUT2D eigenvalue weighted by atomic mass is 32.1. The maximum absolute atomic E-state index is 12.5. The molecule has 0 amide bonds. The molecule has 18 heavy (non-hydrogen) atoms. The van der Waals surface area contributed by atoms with Crippen molar-refractivity contribution in [1.29, 1.82) is 0 Å². The topological polar surface area (TPSA) is 28.2 Å². The number of alkyl halides is 3.